The molecule has 1 unspecified atom stereocenters. The molecular weight excluding hydrogens is 444 g/mol. The standard InChI is InChI=1S/C24H31ClN4O4/c1-19-14-26-29(15-19)16-23(31)28-7-3-6-24(17-28,13-22(30)27-8-10-32-11-9-27)18-33-21-5-2-4-20(25)12-21/h2,4-5,12,14-15H,3,6-11,13,16-18H2,1H3. The summed E-state index contributed by atoms with van der Waals surface area (Å²) in [4.78, 5) is 30.0. The molecule has 2 aliphatic rings. The quantitative estimate of drug-likeness (QED) is 0.616. The maximum Gasteiger partial charge on any atom is 0.244 e. The molecule has 0 radical (unpaired) electrons. The van der Waals surface area contributed by atoms with Crippen molar-refractivity contribution in [1.82, 2.24) is 19.6 Å². The highest BCUT2D eigenvalue weighted by molar-refractivity contribution is 6.30. The van der Waals surface area contributed by atoms with E-state index in [1.807, 2.05) is 35.1 Å². The lowest BCUT2D eigenvalue weighted by atomic mass is 9.77. The Morgan fingerprint density at radius 2 is 2.00 bits per heavy atom. The smallest absolute Gasteiger partial charge is 0.244 e. The Hall–Kier alpha value is -2.58. The van der Waals surface area contributed by atoms with Crippen LogP contribution in [-0.2, 0) is 20.9 Å². The van der Waals surface area contributed by atoms with Crippen LogP contribution in [0, 0.1) is 12.3 Å². The third-order valence-corrected chi connectivity index (χ3v) is 6.54. The van der Waals surface area contributed by atoms with Gasteiger partial charge in [-0.05, 0) is 43.5 Å². The largest absolute Gasteiger partial charge is 0.493 e. The van der Waals surface area contributed by atoms with E-state index >= 15 is 0 Å². The van der Waals surface area contributed by atoms with Crippen LogP contribution >= 0.6 is 11.6 Å². The number of halogens is 1. The zero-order chi connectivity index (χ0) is 23.3. The number of hydrogen-bond acceptors (Lipinski definition) is 5. The van der Waals surface area contributed by atoms with E-state index in [0.29, 0.717) is 63.2 Å². The van der Waals surface area contributed by atoms with Gasteiger partial charge in [-0.1, -0.05) is 17.7 Å². The van der Waals surface area contributed by atoms with E-state index in [1.165, 1.54) is 0 Å². The van der Waals surface area contributed by atoms with Crippen LogP contribution < -0.4 is 4.74 Å². The lowest BCUT2D eigenvalue weighted by molar-refractivity contribution is -0.144. The van der Waals surface area contributed by atoms with Gasteiger partial charge >= 0.3 is 0 Å². The molecule has 0 spiro atoms. The van der Waals surface area contributed by atoms with Gasteiger partial charge in [-0.3, -0.25) is 14.3 Å². The molecule has 1 aromatic heterocycles. The first-order valence-electron chi connectivity index (χ1n) is 11.4. The summed E-state index contributed by atoms with van der Waals surface area (Å²) in [6.07, 6.45) is 5.57. The normalized spacial score (nSPS) is 21.2. The second-order valence-corrected chi connectivity index (χ2v) is 9.49. The summed E-state index contributed by atoms with van der Waals surface area (Å²) in [5.41, 5.74) is 0.549. The molecule has 2 aliphatic heterocycles. The fraction of sp³-hybridized carbons (Fsp3) is 0.542. The summed E-state index contributed by atoms with van der Waals surface area (Å²) >= 11 is 6.12. The number of ether oxygens (including phenoxy) is 2. The molecule has 3 heterocycles. The van der Waals surface area contributed by atoms with Crippen LogP contribution in [0.2, 0.25) is 5.02 Å². The van der Waals surface area contributed by atoms with Crippen LogP contribution in [0.1, 0.15) is 24.8 Å². The molecule has 0 saturated carbocycles. The molecule has 1 atom stereocenters. The van der Waals surface area contributed by atoms with E-state index in [1.54, 1.807) is 23.0 Å². The number of rotatable bonds is 7. The summed E-state index contributed by atoms with van der Waals surface area (Å²) in [7, 11) is 0. The van der Waals surface area contributed by atoms with Crippen molar-refractivity contribution >= 4 is 23.4 Å². The fourth-order valence-electron chi connectivity index (χ4n) is 4.56. The summed E-state index contributed by atoms with van der Waals surface area (Å²) in [6.45, 7) is 5.95. The lowest BCUT2D eigenvalue weighted by Crippen LogP contribution is -2.52. The second-order valence-electron chi connectivity index (χ2n) is 9.05. The van der Waals surface area contributed by atoms with Crippen molar-refractivity contribution in [2.75, 3.05) is 46.0 Å². The Morgan fingerprint density at radius 1 is 1.18 bits per heavy atom. The van der Waals surface area contributed by atoms with Gasteiger partial charge in [0.05, 0.1) is 26.0 Å². The van der Waals surface area contributed by atoms with Crippen molar-refractivity contribution in [3.05, 3.63) is 47.2 Å². The number of amides is 2. The summed E-state index contributed by atoms with van der Waals surface area (Å²) < 4.78 is 13.2. The van der Waals surface area contributed by atoms with Crippen LogP contribution in [0.3, 0.4) is 0 Å². The highest BCUT2D eigenvalue weighted by Crippen LogP contribution is 2.36. The zero-order valence-corrected chi connectivity index (χ0v) is 19.8. The summed E-state index contributed by atoms with van der Waals surface area (Å²) in [5.74, 6) is 0.755. The number of nitrogens with zero attached hydrogens (tertiary/aromatic N) is 4. The number of aryl methyl sites for hydroxylation is 1. The monoisotopic (exact) mass is 474 g/mol. The number of likely N-dealkylation sites (tertiary alicyclic amines) is 1. The summed E-state index contributed by atoms with van der Waals surface area (Å²) in [5, 5.41) is 4.84. The number of carbonyl (C=O) groups excluding carboxylic acids is 2. The van der Waals surface area contributed by atoms with E-state index in [2.05, 4.69) is 5.10 Å². The van der Waals surface area contributed by atoms with Gasteiger partial charge in [0.25, 0.3) is 0 Å². The van der Waals surface area contributed by atoms with Gasteiger partial charge in [-0.25, -0.2) is 0 Å². The maximum absolute atomic E-state index is 13.2. The Balaban J connectivity index is 1.48. The zero-order valence-electron chi connectivity index (χ0n) is 19.0. The Morgan fingerprint density at radius 3 is 2.73 bits per heavy atom. The van der Waals surface area contributed by atoms with Gasteiger partial charge in [0, 0.05) is 49.2 Å². The molecule has 2 aromatic rings. The first-order chi connectivity index (χ1) is 15.9. The average Bonchev–Trinajstić information content (AvgIpc) is 3.23. The average molecular weight is 475 g/mol. The van der Waals surface area contributed by atoms with E-state index in [0.717, 1.165) is 18.4 Å². The molecule has 178 valence electrons. The van der Waals surface area contributed by atoms with Gasteiger partial charge in [0.1, 0.15) is 12.3 Å². The molecule has 2 fully saturated rings. The van der Waals surface area contributed by atoms with Crippen LogP contribution in [-0.4, -0.2) is 77.4 Å². The molecule has 8 nitrogen and oxygen atoms in total. The predicted octanol–water partition coefficient (Wildman–Crippen LogP) is 2.78. The Kier molecular flexibility index (Phi) is 7.55. The van der Waals surface area contributed by atoms with E-state index in [-0.39, 0.29) is 18.4 Å². The van der Waals surface area contributed by atoms with Crippen LogP contribution in [0.4, 0.5) is 0 Å². The molecule has 2 amide bonds. The van der Waals surface area contributed by atoms with Crippen molar-refractivity contribution in [2.24, 2.45) is 5.41 Å². The maximum atomic E-state index is 13.2. The predicted molar refractivity (Wildman–Crippen MR) is 124 cm³/mol. The fourth-order valence-corrected chi connectivity index (χ4v) is 4.74. The van der Waals surface area contributed by atoms with E-state index in [4.69, 9.17) is 21.1 Å². The molecule has 0 aliphatic carbocycles. The van der Waals surface area contributed by atoms with Crippen molar-refractivity contribution in [3.8, 4) is 5.75 Å². The van der Waals surface area contributed by atoms with E-state index < -0.39 is 5.41 Å². The molecular formula is C24H31ClN4O4. The van der Waals surface area contributed by atoms with Crippen LogP contribution in [0.15, 0.2) is 36.7 Å². The minimum absolute atomic E-state index is 0.00347. The number of carbonyl (C=O) groups is 2. The number of aromatic nitrogens is 2. The number of piperidine rings is 1. The molecule has 0 bridgehead atoms. The van der Waals surface area contributed by atoms with Gasteiger partial charge in [0.2, 0.25) is 11.8 Å². The van der Waals surface area contributed by atoms with Crippen molar-refractivity contribution in [1.29, 1.82) is 0 Å². The second kappa shape index (κ2) is 10.6. The van der Waals surface area contributed by atoms with Gasteiger partial charge < -0.3 is 19.3 Å². The SMILES string of the molecule is Cc1cnn(CC(=O)N2CCCC(COc3cccc(Cl)c3)(CC(=O)N3CCOCC3)C2)c1. The van der Waals surface area contributed by atoms with Crippen LogP contribution in [0.5, 0.6) is 5.75 Å². The minimum atomic E-state index is -0.467. The Bertz CT molecular complexity index is 975. The number of benzene rings is 1. The number of hydrogen-bond donors (Lipinski definition) is 0. The molecule has 2 saturated heterocycles. The highest BCUT2D eigenvalue weighted by atomic mass is 35.5. The molecule has 9 heteroatoms. The first-order valence-corrected chi connectivity index (χ1v) is 11.8. The number of morpholine rings is 1. The van der Waals surface area contributed by atoms with Crippen LogP contribution in [0.25, 0.3) is 0 Å². The molecule has 33 heavy (non-hydrogen) atoms. The molecule has 4 rings (SSSR count). The van der Waals surface area contributed by atoms with Gasteiger partial charge in [0.15, 0.2) is 0 Å². The summed E-state index contributed by atoms with van der Waals surface area (Å²) in [6, 6.07) is 7.26. The topological polar surface area (TPSA) is 76.9 Å². The van der Waals surface area contributed by atoms with Gasteiger partial charge in [-0.2, -0.15) is 5.10 Å². The highest BCUT2D eigenvalue weighted by Gasteiger charge is 2.41. The van der Waals surface area contributed by atoms with Crippen molar-refractivity contribution < 1.29 is 19.1 Å². The van der Waals surface area contributed by atoms with Crippen molar-refractivity contribution in [3.63, 3.8) is 0 Å². The van der Waals surface area contributed by atoms with Gasteiger partial charge in [-0.15, -0.1) is 0 Å². The van der Waals surface area contributed by atoms with E-state index in [9.17, 15) is 9.59 Å². The Labute approximate surface area is 199 Å². The van der Waals surface area contributed by atoms with Crippen molar-refractivity contribution in [2.45, 2.75) is 32.7 Å². The first kappa shape index (κ1) is 23.6. The third kappa shape index (κ3) is 6.26. The lowest BCUT2D eigenvalue weighted by Gasteiger charge is -2.43. The minimum Gasteiger partial charge on any atom is -0.493 e. The third-order valence-electron chi connectivity index (χ3n) is 6.30. The molecule has 1 aromatic carbocycles. The molecule has 0 N–H and O–H groups in total.